The number of aromatic nitrogens is 2. The quantitative estimate of drug-likeness (QED) is 0.499. The third kappa shape index (κ3) is 4.11. The lowest BCUT2D eigenvalue weighted by atomic mass is 10.1. The minimum absolute atomic E-state index is 0.0450. The van der Waals surface area contributed by atoms with Gasteiger partial charge < -0.3 is 4.84 Å². The van der Waals surface area contributed by atoms with Crippen molar-refractivity contribution >= 4 is 16.9 Å². The second kappa shape index (κ2) is 7.94. The number of nitrogens with zero attached hydrogens (tertiary/aromatic N) is 2. The van der Waals surface area contributed by atoms with Gasteiger partial charge in [0.1, 0.15) is 0 Å². The molecule has 0 atom stereocenters. The normalized spacial score (nSPS) is 11.3. The van der Waals surface area contributed by atoms with Crippen molar-refractivity contribution in [3.63, 3.8) is 0 Å². The van der Waals surface area contributed by atoms with Crippen LogP contribution in [0.3, 0.4) is 0 Å². The first kappa shape index (κ1) is 20.1. The van der Waals surface area contributed by atoms with E-state index < -0.39 is 28.9 Å². The second-order valence-corrected chi connectivity index (χ2v) is 6.48. The van der Waals surface area contributed by atoms with Crippen molar-refractivity contribution in [1.29, 1.82) is 0 Å². The number of hydroxylamine groups is 1. The molecule has 1 heterocycles. The third-order valence-electron chi connectivity index (χ3n) is 4.41. The van der Waals surface area contributed by atoms with Crippen LogP contribution in [-0.2, 0) is 6.18 Å². The Morgan fingerprint density at radius 3 is 2.39 bits per heavy atom. The van der Waals surface area contributed by atoms with E-state index in [1.807, 2.05) is 0 Å². The van der Waals surface area contributed by atoms with Crippen molar-refractivity contribution in [2.24, 2.45) is 0 Å². The Labute approximate surface area is 173 Å². The molecule has 0 bridgehead atoms. The van der Waals surface area contributed by atoms with Gasteiger partial charge in [-0.2, -0.15) is 18.7 Å². The van der Waals surface area contributed by atoms with Gasteiger partial charge in [0.15, 0.2) is 11.4 Å². The highest BCUT2D eigenvalue weighted by Crippen LogP contribution is 2.30. The summed E-state index contributed by atoms with van der Waals surface area (Å²) in [5.41, 5.74) is 0.283. The van der Waals surface area contributed by atoms with Gasteiger partial charge in [-0.3, -0.25) is 14.2 Å². The van der Waals surface area contributed by atoms with Crippen molar-refractivity contribution in [3.05, 3.63) is 100 Å². The average Bonchev–Trinajstić information content (AvgIpc) is 2.77. The molecule has 0 aliphatic carbocycles. The first-order valence-electron chi connectivity index (χ1n) is 9.06. The van der Waals surface area contributed by atoms with E-state index in [4.69, 9.17) is 4.84 Å². The van der Waals surface area contributed by atoms with Gasteiger partial charge in [-0.15, -0.1) is 0 Å². The van der Waals surface area contributed by atoms with Crippen LogP contribution in [0.5, 0.6) is 5.75 Å². The summed E-state index contributed by atoms with van der Waals surface area (Å²) in [7, 11) is 0. The monoisotopic (exact) mass is 425 g/mol. The Bertz CT molecular complexity index is 1320. The molecule has 0 saturated carbocycles. The molecule has 0 saturated heterocycles. The summed E-state index contributed by atoms with van der Waals surface area (Å²) >= 11 is 0. The van der Waals surface area contributed by atoms with E-state index in [0.29, 0.717) is 5.75 Å². The summed E-state index contributed by atoms with van der Waals surface area (Å²) < 4.78 is 40.6. The van der Waals surface area contributed by atoms with E-state index in [1.54, 1.807) is 48.5 Å². The number of carbonyl (C=O) groups excluding carboxylic acids is 1. The molecule has 31 heavy (non-hydrogen) atoms. The standard InChI is InChI=1S/C22H14F3N3O3/c23-22(24,25)14-7-6-8-15(13-14)28-18-12-5-4-11-17(18)26-19(21(28)30)20(29)27-31-16-9-2-1-3-10-16/h1-13H,(H,27,29). The Morgan fingerprint density at radius 1 is 0.935 bits per heavy atom. The summed E-state index contributed by atoms with van der Waals surface area (Å²) in [6.45, 7) is 0. The number of rotatable bonds is 4. The van der Waals surface area contributed by atoms with Gasteiger partial charge in [0.2, 0.25) is 0 Å². The number of hydrogen-bond donors (Lipinski definition) is 1. The van der Waals surface area contributed by atoms with Crippen LogP contribution in [0, 0.1) is 0 Å². The zero-order valence-electron chi connectivity index (χ0n) is 15.8. The molecule has 1 aromatic heterocycles. The van der Waals surface area contributed by atoms with Gasteiger partial charge >= 0.3 is 12.1 Å². The number of nitrogens with one attached hydrogen (secondary N) is 1. The van der Waals surface area contributed by atoms with Crippen LogP contribution in [-0.4, -0.2) is 15.5 Å². The predicted octanol–water partition coefficient (Wildman–Crippen LogP) is 4.13. The van der Waals surface area contributed by atoms with Crippen LogP contribution in [0.25, 0.3) is 16.7 Å². The van der Waals surface area contributed by atoms with Crippen molar-refractivity contribution < 1.29 is 22.8 Å². The van der Waals surface area contributed by atoms with Crippen molar-refractivity contribution in [2.75, 3.05) is 0 Å². The minimum Gasteiger partial charge on any atom is -0.379 e. The topological polar surface area (TPSA) is 73.2 Å². The highest BCUT2D eigenvalue weighted by Gasteiger charge is 2.31. The van der Waals surface area contributed by atoms with Crippen molar-refractivity contribution in [3.8, 4) is 11.4 Å². The summed E-state index contributed by atoms with van der Waals surface area (Å²) in [6, 6.07) is 19.0. The molecule has 3 aromatic carbocycles. The Kier molecular flexibility index (Phi) is 5.16. The lowest BCUT2D eigenvalue weighted by molar-refractivity contribution is -0.137. The SMILES string of the molecule is O=C(NOc1ccccc1)c1nc2ccccc2n(-c2cccc(C(F)(F)F)c2)c1=O. The van der Waals surface area contributed by atoms with Crippen LogP contribution in [0.2, 0.25) is 0 Å². The van der Waals surface area contributed by atoms with E-state index in [1.165, 1.54) is 18.2 Å². The second-order valence-electron chi connectivity index (χ2n) is 6.48. The third-order valence-corrected chi connectivity index (χ3v) is 4.41. The fourth-order valence-corrected chi connectivity index (χ4v) is 3.00. The molecule has 0 radical (unpaired) electrons. The lowest BCUT2D eigenvalue weighted by Gasteiger charge is -2.14. The van der Waals surface area contributed by atoms with Gasteiger partial charge in [0.05, 0.1) is 16.6 Å². The highest BCUT2D eigenvalue weighted by atomic mass is 19.4. The van der Waals surface area contributed by atoms with Gasteiger partial charge in [-0.1, -0.05) is 36.4 Å². The van der Waals surface area contributed by atoms with E-state index >= 15 is 0 Å². The summed E-state index contributed by atoms with van der Waals surface area (Å²) in [6.07, 6.45) is -4.59. The Morgan fingerprint density at radius 2 is 1.65 bits per heavy atom. The Balaban J connectivity index is 1.82. The summed E-state index contributed by atoms with van der Waals surface area (Å²) in [4.78, 5) is 35.0. The highest BCUT2D eigenvalue weighted by molar-refractivity contribution is 5.93. The maximum absolute atomic E-state index is 13.2. The molecular weight excluding hydrogens is 411 g/mol. The molecule has 1 amide bonds. The minimum atomic E-state index is -4.59. The molecule has 0 aliphatic heterocycles. The maximum atomic E-state index is 13.2. The smallest absolute Gasteiger partial charge is 0.379 e. The fourth-order valence-electron chi connectivity index (χ4n) is 3.00. The van der Waals surface area contributed by atoms with Crippen LogP contribution >= 0.6 is 0 Å². The molecule has 0 unspecified atom stereocenters. The number of para-hydroxylation sites is 3. The molecular formula is C22H14F3N3O3. The van der Waals surface area contributed by atoms with Gasteiger partial charge in [0, 0.05) is 5.69 Å². The van der Waals surface area contributed by atoms with Gasteiger partial charge in [0.25, 0.3) is 5.56 Å². The first-order chi connectivity index (χ1) is 14.8. The number of benzene rings is 3. The maximum Gasteiger partial charge on any atom is 0.416 e. The van der Waals surface area contributed by atoms with Gasteiger partial charge in [-0.05, 0) is 42.5 Å². The molecule has 6 nitrogen and oxygen atoms in total. The number of halogens is 3. The molecule has 1 N–H and O–H groups in total. The van der Waals surface area contributed by atoms with Crippen molar-refractivity contribution in [2.45, 2.75) is 6.18 Å². The number of hydrogen-bond acceptors (Lipinski definition) is 4. The molecule has 4 rings (SSSR count). The van der Waals surface area contributed by atoms with E-state index in [0.717, 1.165) is 16.7 Å². The fraction of sp³-hybridized carbons (Fsp3) is 0.0455. The van der Waals surface area contributed by atoms with E-state index in [2.05, 4.69) is 10.5 Å². The van der Waals surface area contributed by atoms with Crippen LogP contribution in [0.1, 0.15) is 16.1 Å². The van der Waals surface area contributed by atoms with Crippen molar-refractivity contribution in [1.82, 2.24) is 15.0 Å². The zero-order chi connectivity index (χ0) is 22.0. The predicted molar refractivity (Wildman–Crippen MR) is 107 cm³/mol. The molecule has 0 fully saturated rings. The number of alkyl halides is 3. The lowest BCUT2D eigenvalue weighted by Crippen LogP contribution is -2.36. The largest absolute Gasteiger partial charge is 0.416 e. The zero-order valence-corrected chi connectivity index (χ0v) is 15.8. The first-order valence-corrected chi connectivity index (χ1v) is 9.06. The summed E-state index contributed by atoms with van der Waals surface area (Å²) in [5, 5.41) is 0. The molecule has 156 valence electrons. The van der Waals surface area contributed by atoms with Gasteiger partial charge in [-0.25, -0.2) is 4.98 Å². The average molecular weight is 425 g/mol. The Hall–Kier alpha value is -4.14. The number of carbonyl (C=O) groups is 1. The van der Waals surface area contributed by atoms with E-state index in [-0.39, 0.29) is 16.7 Å². The molecule has 0 aliphatic rings. The summed E-state index contributed by atoms with van der Waals surface area (Å²) in [5.74, 6) is -0.602. The number of amides is 1. The van der Waals surface area contributed by atoms with Crippen LogP contribution in [0.15, 0.2) is 83.7 Å². The van der Waals surface area contributed by atoms with Crippen LogP contribution < -0.4 is 15.9 Å². The molecule has 9 heteroatoms. The molecule has 0 spiro atoms. The van der Waals surface area contributed by atoms with Crippen LogP contribution in [0.4, 0.5) is 13.2 Å². The van der Waals surface area contributed by atoms with E-state index in [9.17, 15) is 22.8 Å². The molecule has 4 aromatic rings. The number of fused-ring (bicyclic) bond motifs is 1.